The summed E-state index contributed by atoms with van der Waals surface area (Å²) in [5.41, 5.74) is 17.1. The number of aromatic amines is 2. The Morgan fingerprint density at radius 1 is 0.397 bits per heavy atom. The van der Waals surface area contributed by atoms with Gasteiger partial charge in [-0.05, 0) is 71.5 Å². The van der Waals surface area contributed by atoms with Crippen molar-refractivity contribution in [2.75, 3.05) is 0 Å². The molecular formula is C54H42N4. The van der Waals surface area contributed by atoms with E-state index in [4.69, 9.17) is 9.97 Å². The molecule has 5 heterocycles. The van der Waals surface area contributed by atoms with Crippen LogP contribution >= 0.6 is 0 Å². The third-order valence-electron chi connectivity index (χ3n) is 10.5. The molecule has 0 saturated carbocycles. The smallest absolute Gasteiger partial charge is 0.0737 e. The molecular weight excluding hydrogens is 705 g/mol. The van der Waals surface area contributed by atoms with Gasteiger partial charge >= 0.3 is 0 Å². The maximum atomic E-state index is 5.51. The molecule has 9 rings (SSSR count). The molecule has 0 radical (unpaired) electrons. The van der Waals surface area contributed by atoms with Crippen molar-refractivity contribution >= 4 is 46.4 Å². The highest BCUT2D eigenvalue weighted by Crippen LogP contribution is 2.40. The number of H-pyrrole nitrogens is 2. The zero-order valence-corrected chi connectivity index (χ0v) is 32.7. The normalized spacial score (nSPS) is 11.5. The summed E-state index contributed by atoms with van der Waals surface area (Å²) in [6.07, 6.45) is 12.0. The Balaban J connectivity index is 1.57. The van der Waals surface area contributed by atoms with Crippen molar-refractivity contribution in [3.63, 3.8) is 0 Å². The predicted octanol–water partition coefficient (Wildman–Crippen LogP) is 13.6. The molecule has 4 heteroatoms. The van der Waals surface area contributed by atoms with Gasteiger partial charge in [0.2, 0.25) is 0 Å². The molecule has 0 amide bonds. The molecule has 2 aliphatic heterocycles. The Bertz CT molecular complexity index is 2800. The van der Waals surface area contributed by atoms with E-state index < -0.39 is 0 Å². The van der Waals surface area contributed by atoms with Crippen LogP contribution in [0.1, 0.15) is 73.4 Å². The van der Waals surface area contributed by atoms with E-state index >= 15 is 0 Å². The van der Waals surface area contributed by atoms with Crippen molar-refractivity contribution < 1.29 is 0 Å². The minimum absolute atomic E-state index is 0.774. The Labute approximate surface area is 340 Å². The minimum Gasteiger partial charge on any atom is -0.354 e. The summed E-state index contributed by atoms with van der Waals surface area (Å²) in [6.45, 7) is 4.33. The van der Waals surface area contributed by atoms with Crippen molar-refractivity contribution in [3.8, 4) is 68.2 Å². The zero-order valence-electron chi connectivity index (χ0n) is 32.7. The molecule has 2 aliphatic rings. The number of fused-ring (bicyclic) bond motifs is 8. The van der Waals surface area contributed by atoms with E-state index in [0.29, 0.717) is 0 Å². The van der Waals surface area contributed by atoms with Gasteiger partial charge in [0.1, 0.15) is 0 Å². The highest BCUT2D eigenvalue weighted by Gasteiger charge is 2.22. The lowest BCUT2D eigenvalue weighted by atomic mass is 9.98. The van der Waals surface area contributed by atoms with Crippen LogP contribution in [0.5, 0.6) is 0 Å². The molecule has 0 aliphatic carbocycles. The number of hydrogen-bond acceptors (Lipinski definition) is 2. The van der Waals surface area contributed by atoms with Gasteiger partial charge in [-0.1, -0.05) is 159 Å². The molecule has 0 fully saturated rings. The number of aromatic nitrogens is 4. The summed E-state index contributed by atoms with van der Waals surface area (Å²) in [5.74, 6) is 14.3. The lowest BCUT2D eigenvalue weighted by molar-refractivity contribution is 0.983. The monoisotopic (exact) mass is 746 g/mol. The van der Waals surface area contributed by atoms with Gasteiger partial charge in [-0.3, -0.25) is 0 Å². The van der Waals surface area contributed by atoms with Gasteiger partial charge < -0.3 is 9.97 Å². The quantitative estimate of drug-likeness (QED) is 0.166. The second kappa shape index (κ2) is 16.4. The summed E-state index contributed by atoms with van der Waals surface area (Å²) in [4.78, 5) is 18.8. The molecule has 0 unspecified atom stereocenters. The first-order valence-corrected chi connectivity index (χ1v) is 20.1. The number of rotatable bonds is 6. The average Bonchev–Trinajstić information content (AvgIpc) is 4.10. The first kappa shape index (κ1) is 36.3. The molecule has 8 bridgehead atoms. The van der Waals surface area contributed by atoms with Crippen LogP contribution in [0, 0.1) is 23.7 Å². The zero-order chi connectivity index (χ0) is 39.3. The summed E-state index contributed by atoms with van der Waals surface area (Å²) in [6, 6.07) is 46.4. The van der Waals surface area contributed by atoms with E-state index in [1.54, 1.807) is 0 Å². The van der Waals surface area contributed by atoms with Gasteiger partial charge in [-0.15, -0.1) is 0 Å². The van der Waals surface area contributed by atoms with Crippen LogP contribution in [0.15, 0.2) is 133 Å². The third-order valence-corrected chi connectivity index (χ3v) is 10.5. The van der Waals surface area contributed by atoms with Crippen LogP contribution in [0.3, 0.4) is 0 Å². The molecule has 0 saturated heterocycles. The van der Waals surface area contributed by atoms with Crippen molar-refractivity contribution in [2.24, 2.45) is 0 Å². The van der Waals surface area contributed by atoms with Crippen molar-refractivity contribution in [2.45, 2.75) is 39.5 Å². The Hall–Kier alpha value is -7.40. The van der Waals surface area contributed by atoms with Gasteiger partial charge in [-0.2, -0.15) is 0 Å². The SMILES string of the molecule is CCCC#Cc1c(C#CCCC)c2[nH]c1c(-c1ccccc1)c1nc(c(-c3ccccc3)c3ccc([nH]3)c(-c3ccccc3)c3nc(c2-c2ccccc2)C=C3)C=C1. The molecule has 278 valence electrons. The topological polar surface area (TPSA) is 57.4 Å². The fourth-order valence-electron chi connectivity index (χ4n) is 7.79. The Kier molecular flexibility index (Phi) is 10.2. The summed E-state index contributed by atoms with van der Waals surface area (Å²) in [5, 5.41) is 0. The molecule has 2 N–H and O–H groups in total. The van der Waals surface area contributed by atoms with Crippen molar-refractivity contribution in [1.82, 2.24) is 19.9 Å². The third kappa shape index (κ3) is 6.98. The molecule has 0 atom stereocenters. The van der Waals surface area contributed by atoms with E-state index in [1.807, 2.05) is 0 Å². The first-order chi connectivity index (χ1) is 28.7. The lowest BCUT2D eigenvalue weighted by Gasteiger charge is -2.07. The van der Waals surface area contributed by atoms with E-state index in [-0.39, 0.29) is 0 Å². The van der Waals surface area contributed by atoms with Gasteiger partial charge in [0.15, 0.2) is 0 Å². The van der Waals surface area contributed by atoms with Gasteiger partial charge in [0.25, 0.3) is 0 Å². The van der Waals surface area contributed by atoms with Crippen LogP contribution in [0.2, 0.25) is 0 Å². The summed E-state index contributed by atoms with van der Waals surface area (Å²) >= 11 is 0. The molecule has 7 aromatic rings. The highest BCUT2D eigenvalue weighted by molar-refractivity contribution is 6.03. The molecule has 58 heavy (non-hydrogen) atoms. The maximum absolute atomic E-state index is 5.51. The van der Waals surface area contributed by atoms with Crippen LogP contribution in [0.4, 0.5) is 0 Å². The predicted molar refractivity (Wildman–Crippen MR) is 244 cm³/mol. The van der Waals surface area contributed by atoms with Crippen LogP contribution in [-0.4, -0.2) is 19.9 Å². The summed E-state index contributed by atoms with van der Waals surface area (Å²) in [7, 11) is 0. The number of benzene rings is 4. The van der Waals surface area contributed by atoms with Gasteiger partial charge in [0.05, 0.1) is 44.9 Å². The second-order valence-electron chi connectivity index (χ2n) is 14.4. The standard InChI is InChI=1S/C54H42N4/c1-3-5-11-29-41-42(30-12-6-4-2)54-52(40-27-19-10-20-28-40)48-36-34-46(57-48)50(38-23-15-8-16-24-38)44-32-31-43(55-44)49(37-21-13-7-14-22-37)45-33-35-47(56-45)51(53(41)58-54)39-25-17-9-18-26-39/h7-10,13-28,31-36,55,58H,3-6H2,1-2H3. The number of nitrogens with zero attached hydrogens (tertiary/aromatic N) is 2. The fourth-order valence-corrected chi connectivity index (χ4v) is 7.79. The molecule has 4 nitrogen and oxygen atoms in total. The Morgan fingerprint density at radius 3 is 1.07 bits per heavy atom. The van der Waals surface area contributed by atoms with Crippen LogP contribution < -0.4 is 0 Å². The fraction of sp³-hybridized carbons (Fsp3) is 0.111. The van der Waals surface area contributed by atoms with E-state index in [9.17, 15) is 0 Å². The van der Waals surface area contributed by atoms with Crippen LogP contribution in [-0.2, 0) is 0 Å². The van der Waals surface area contributed by atoms with Crippen molar-refractivity contribution in [3.05, 3.63) is 167 Å². The summed E-state index contributed by atoms with van der Waals surface area (Å²) < 4.78 is 0. The van der Waals surface area contributed by atoms with Gasteiger partial charge in [-0.25, -0.2) is 9.97 Å². The maximum Gasteiger partial charge on any atom is 0.0737 e. The molecule has 0 spiro atoms. The highest BCUT2D eigenvalue weighted by atomic mass is 14.8. The number of nitrogens with one attached hydrogen (secondary N) is 2. The van der Waals surface area contributed by atoms with Gasteiger partial charge in [0, 0.05) is 46.1 Å². The molecule has 4 aromatic carbocycles. The first-order valence-electron chi connectivity index (χ1n) is 20.1. The number of hydrogen-bond donors (Lipinski definition) is 2. The second-order valence-corrected chi connectivity index (χ2v) is 14.4. The lowest BCUT2D eigenvalue weighted by Crippen LogP contribution is -1.90. The average molecular weight is 747 g/mol. The molecule has 3 aromatic heterocycles. The van der Waals surface area contributed by atoms with E-state index in [1.165, 1.54) is 0 Å². The number of unbranched alkanes of at least 4 members (excludes halogenated alkanes) is 2. The van der Waals surface area contributed by atoms with E-state index in [2.05, 4.69) is 205 Å². The van der Waals surface area contributed by atoms with Crippen LogP contribution in [0.25, 0.3) is 90.9 Å². The van der Waals surface area contributed by atoms with Crippen molar-refractivity contribution in [1.29, 1.82) is 0 Å². The van der Waals surface area contributed by atoms with E-state index in [0.717, 1.165) is 126 Å². The Morgan fingerprint density at radius 2 is 0.724 bits per heavy atom. The minimum atomic E-state index is 0.774. The largest absolute Gasteiger partial charge is 0.354 e.